The van der Waals surface area contributed by atoms with Crippen LogP contribution in [0.25, 0.3) is 5.57 Å². The monoisotopic (exact) mass is 529 g/mol. The topological polar surface area (TPSA) is 95.1 Å². The fraction of sp³-hybridized carbons (Fsp3) is 0.219. The van der Waals surface area contributed by atoms with Crippen molar-refractivity contribution >= 4 is 52.2 Å². The number of rotatable bonds is 2. The molecule has 3 heterocycles. The van der Waals surface area contributed by atoms with Crippen LogP contribution in [0.5, 0.6) is 0 Å². The zero-order valence-electron chi connectivity index (χ0n) is 21.4. The van der Waals surface area contributed by atoms with Gasteiger partial charge in [-0.2, -0.15) is 0 Å². The third-order valence-corrected chi connectivity index (χ3v) is 9.42. The zero-order valence-corrected chi connectivity index (χ0v) is 21.4. The molecule has 3 aliphatic carbocycles. The Bertz CT molecular complexity index is 1630. The van der Waals surface area contributed by atoms with E-state index in [1.165, 1.54) is 21.6 Å². The molecule has 40 heavy (non-hydrogen) atoms. The number of carbonyl (C=O) groups excluding carboxylic acids is 5. The second-order valence-electron chi connectivity index (χ2n) is 11.1. The molecule has 6 atom stereocenters. The maximum absolute atomic E-state index is 14.5. The Hall–Kier alpha value is -4.85. The van der Waals surface area contributed by atoms with Crippen molar-refractivity contribution in [2.75, 3.05) is 14.7 Å². The molecule has 0 N–H and O–H groups in total. The van der Waals surface area contributed by atoms with Crippen LogP contribution in [-0.4, -0.2) is 35.1 Å². The molecule has 3 aromatic carbocycles. The van der Waals surface area contributed by atoms with Gasteiger partial charge in [0, 0.05) is 18.4 Å². The van der Waals surface area contributed by atoms with Crippen molar-refractivity contribution in [3.63, 3.8) is 0 Å². The Kier molecular flexibility index (Phi) is 4.40. The van der Waals surface area contributed by atoms with Gasteiger partial charge in [-0.25, -0.2) is 9.80 Å². The molecule has 3 aliphatic heterocycles. The van der Waals surface area contributed by atoms with Gasteiger partial charge in [-0.05, 0) is 35.9 Å². The first-order chi connectivity index (χ1) is 19.4. The van der Waals surface area contributed by atoms with Gasteiger partial charge in [-0.15, -0.1) is 0 Å². The van der Waals surface area contributed by atoms with E-state index < -0.39 is 58.8 Å². The van der Waals surface area contributed by atoms with Crippen LogP contribution in [0.1, 0.15) is 12.5 Å². The number of allylic oxidation sites excluding steroid dienone is 1. The van der Waals surface area contributed by atoms with E-state index in [9.17, 15) is 24.0 Å². The van der Waals surface area contributed by atoms with Crippen LogP contribution in [0.15, 0.2) is 91.0 Å². The van der Waals surface area contributed by atoms with E-state index >= 15 is 0 Å². The fourth-order valence-corrected chi connectivity index (χ4v) is 8.26. The van der Waals surface area contributed by atoms with Crippen molar-refractivity contribution in [1.82, 2.24) is 0 Å². The number of fused-ring (bicyclic) bond motifs is 1. The lowest BCUT2D eigenvalue weighted by Crippen LogP contribution is -2.70. The average molecular weight is 530 g/mol. The highest BCUT2D eigenvalue weighted by Gasteiger charge is 2.80. The molecular formula is C32H23N3O5. The number of para-hydroxylation sites is 3. The van der Waals surface area contributed by atoms with Crippen LogP contribution in [0.2, 0.25) is 0 Å². The second kappa shape index (κ2) is 7.63. The van der Waals surface area contributed by atoms with Gasteiger partial charge in [0.15, 0.2) is 0 Å². The van der Waals surface area contributed by atoms with E-state index in [1.807, 2.05) is 18.2 Å². The molecule has 3 aromatic rings. The van der Waals surface area contributed by atoms with Gasteiger partial charge >= 0.3 is 0 Å². The van der Waals surface area contributed by atoms with Crippen LogP contribution >= 0.6 is 0 Å². The first-order valence-corrected chi connectivity index (χ1v) is 13.4. The predicted octanol–water partition coefficient (Wildman–Crippen LogP) is 3.43. The smallest absolute Gasteiger partial charge is 0.240 e. The van der Waals surface area contributed by atoms with E-state index in [0.717, 1.165) is 5.56 Å². The molecule has 2 saturated heterocycles. The standard InChI is InChI=1S/C32H23N3O5/c1-17(36)35-23-15-9-8-14-20(23)22-16-21-24-26(30(39)33(28(24)37)18-10-4-2-5-11-18)32(22,35)27-25(21)29(38)34(31(27)40)19-12-6-3-7-13-19/h2-16,21,24-27H,1H3/t21?,24-,25+,26+,27-,32?. The summed E-state index contributed by atoms with van der Waals surface area (Å²) in [6.45, 7) is 1.41. The van der Waals surface area contributed by atoms with Crippen LogP contribution in [0, 0.1) is 29.6 Å². The minimum absolute atomic E-state index is 0.356. The van der Waals surface area contributed by atoms with Crippen molar-refractivity contribution < 1.29 is 24.0 Å². The van der Waals surface area contributed by atoms with Gasteiger partial charge < -0.3 is 4.90 Å². The molecule has 3 fully saturated rings. The minimum atomic E-state index is -1.51. The molecule has 0 aromatic heterocycles. The summed E-state index contributed by atoms with van der Waals surface area (Å²) in [5.74, 6) is -6.56. The van der Waals surface area contributed by atoms with Crippen molar-refractivity contribution in [1.29, 1.82) is 0 Å². The summed E-state index contributed by atoms with van der Waals surface area (Å²) >= 11 is 0. The fourth-order valence-electron chi connectivity index (χ4n) is 8.26. The molecule has 8 heteroatoms. The molecule has 8 nitrogen and oxygen atoms in total. The Morgan fingerprint density at radius 2 is 1.12 bits per heavy atom. The normalized spacial score (nSPS) is 31.3. The maximum atomic E-state index is 14.5. The van der Waals surface area contributed by atoms with Gasteiger partial charge in [-0.1, -0.05) is 60.7 Å². The minimum Gasteiger partial charge on any atom is -0.300 e. The van der Waals surface area contributed by atoms with Crippen LogP contribution in [0.4, 0.5) is 17.1 Å². The molecule has 1 saturated carbocycles. The molecule has 6 aliphatic rings. The van der Waals surface area contributed by atoms with Crippen LogP contribution in [0.3, 0.4) is 0 Å². The van der Waals surface area contributed by atoms with E-state index in [-0.39, 0.29) is 5.91 Å². The Morgan fingerprint density at radius 3 is 1.62 bits per heavy atom. The van der Waals surface area contributed by atoms with Crippen molar-refractivity contribution in [3.05, 3.63) is 96.6 Å². The second-order valence-corrected chi connectivity index (χ2v) is 11.1. The number of carbonyl (C=O) groups is 5. The molecule has 5 amide bonds. The highest BCUT2D eigenvalue weighted by atomic mass is 16.2. The van der Waals surface area contributed by atoms with Gasteiger partial charge in [0.25, 0.3) is 0 Å². The summed E-state index contributed by atoms with van der Waals surface area (Å²) < 4.78 is 0. The number of imide groups is 2. The molecule has 196 valence electrons. The third-order valence-electron chi connectivity index (χ3n) is 9.42. The highest BCUT2D eigenvalue weighted by molar-refractivity contribution is 6.30. The van der Waals surface area contributed by atoms with Crippen LogP contribution in [-0.2, 0) is 24.0 Å². The molecule has 2 unspecified atom stereocenters. The number of hydrogen-bond acceptors (Lipinski definition) is 5. The van der Waals surface area contributed by atoms with Gasteiger partial charge in [0.2, 0.25) is 29.5 Å². The van der Waals surface area contributed by atoms with Gasteiger partial charge in [0.1, 0.15) is 0 Å². The number of amides is 5. The highest BCUT2D eigenvalue weighted by Crippen LogP contribution is 2.70. The van der Waals surface area contributed by atoms with Crippen molar-refractivity contribution in [2.45, 2.75) is 12.5 Å². The van der Waals surface area contributed by atoms with Gasteiger partial charge in [-0.3, -0.25) is 24.0 Å². The van der Waals surface area contributed by atoms with E-state index in [2.05, 4.69) is 0 Å². The van der Waals surface area contributed by atoms with Crippen LogP contribution < -0.4 is 14.7 Å². The lowest BCUT2D eigenvalue weighted by molar-refractivity contribution is -0.140. The number of nitrogens with zero attached hydrogens (tertiary/aromatic N) is 3. The molecule has 0 radical (unpaired) electrons. The predicted molar refractivity (Wildman–Crippen MR) is 146 cm³/mol. The largest absolute Gasteiger partial charge is 0.300 e. The Balaban J connectivity index is 1.41. The maximum Gasteiger partial charge on any atom is 0.240 e. The summed E-state index contributed by atoms with van der Waals surface area (Å²) in [4.78, 5) is 74.7. The summed E-state index contributed by atoms with van der Waals surface area (Å²) in [5, 5.41) is 0. The summed E-state index contributed by atoms with van der Waals surface area (Å²) in [6, 6.07) is 24.7. The van der Waals surface area contributed by atoms with Crippen molar-refractivity contribution in [3.8, 4) is 0 Å². The lowest BCUT2D eigenvalue weighted by Gasteiger charge is -2.56. The van der Waals surface area contributed by atoms with E-state index in [4.69, 9.17) is 0 Å². The Morgan fingerprint density at radius 1 is 0.650 bits per heavy atom. The molecule has 1 spiro atoms. The lowest BCUT2D eigenvalue weighted by atomic mass is 9.47. The first kappa shape index (κ1) is 23.1. The average Bonchev–Trinajstić information content (AvgIpc) is 3.53. The molecule has 9 rings (SSSR count). The Labute approximate surface area is 229 Å². The van der Waals surface area contributed by atoms with Crippen molar-refractivity contribution in [2.24, 2.45) is 29.6 Å². The SMILES string of the molecule is CC(=O)N1c2ccccc2C2=CC3[C@H]4C(=O)N(c5ccccc5)C(=O)[C@H]4C21[C@H]1C(=O)N(c2ccccc2)C(=O)[C@@H]31. The summed E-state index contributed by atoms with van der Waals surface area (Å²) in [6.07, 6.45) is 1.91. The third kappa shape index (κ3) is 2.45. The molecule has 2 bridgehead atoms. The zero-order chi connectivity index (χ0) is 27.5. The number of benzene rings is 3. The number of hydrogen-bond donors (Lipinski definition) is 0. The number of anilines is 3. The van der Waals surface area contributed by atoms with Gasteiger partial charge in [0.05, 0.1) is 46.3 Å². The quantitative estimate of drug-likeness (QED) is 0.474. The first-order valence-electron chi connectivity index (χ1n) is 13.4. The molecular weight excluding hydrogens is 506 g/mol. The summed E-state index contributed by atoms with van der Waals surface area (Å²) in [5.41, 5.74) is 1.37. The summed E-state index contributed by atoms with van der Waals surface area (Å²) in [7, 11) is 0. The van der Waals surface area contributed by atoms with E-state index in [0.29, 0.717) is 22.6 Å². The van der Waals surface area contributed by atoms with E-state index in [1.54, 1.807) is 72.8 Å².